The zero-order valence-corrected chi connectivity index (χ0v) is 7.35. The van der Waals surface area contributed by atoms with Gasteiger partial charge in [-0.15, -0.1) is 0 Å². The highest BCUT2D eigenvalue weighted by Crippen LogP contribution is 2.29. The Morgan fingerprint density at radius 3 is 2.08 bits per heavy atom. The van der Waals surface area contributed by atoms with Crippen LogP contribution in [0.4, 0.5) is 4.39 Å². The van der Waals surface area contributed by atoms with Crippen LogP contribution in [0.15, 0.2) is 12.1 Å². The summed E-state index contributed by atoms with van der Waals surface area (Å²) in [7, 11) is 3.00. The minimum atomic E-state index is -0.285. The van der Waals surface area contributed by atoms with E-state index in [0.29, 0.717) is 17.1 Å². The summed E-state index contributed by atoms with van der Waals surface area (Å²) < 4.78 is 22.8. The molecule has 0 saturated heterocycles. The van der Waals surface area contributed by atoms with Crippen molar-refractivity contribution in [3.8, 4) is 11.5 Å². The third kappa shape index (κ3) is 1.49. The number of hydrogen-bond acceptors (Lipinski definition) is 2. The van der Waals surface area contributed by atoms with Gasteiger partial charge in [-0.05, 0) is 18.6 Å². The molecule has 1 rings (SSSR count). The molecule has 0 amide bonds. The van der Waals surface area contributed by atoms with E-state index in [-0.39, 0.29) is 5.82 Å². The van der Waals surface area contributed by atoms with Gasteiger partial charge < -0.3 is 9.47 Å². The predicted octanol–water partition coefficient (Wildman–Crippen LogP) is 2.15. The quantitative estimate of drug-likeness (QED) is 0.677. The molecule has 1 aromatic rings. The van der Waals surface area contributed by atoms with Crippen molar-refractivity contribution in [2.45, 2.75) is 6.92 Å². The van der Waals surface area contributed by atoms with Crippen LogP contribution < -0.4 is 9.47 Å². The van der Waals surface area contributed by atoms with Crippen LogP contribution in [0.3, 0.4) is 0 Å². The molecular formula is C9H11FO2. The molecule has 0 radical (unpaired) electrons. The van der Waals surface area contributed by atoms with Crippen LogP contribution >= 0.6 is 0 Å². The van der Waals surface area contributed by atoms with Crippen molar-refractivity contribution in [1.29, 1.82) is 0 Å². The summed E-state index contributed by atoms with van der Waals surface area (Å²) in [6, 6.07) is 2.92. The zero-order valence-electron chi connectivity index (χ0n) is 7.35. The molecule has 0 spiro atoms. The second-order valence-electron chi connectivity index (χ2n) is 2.46. The van der Waals surface area contributed by atoms with Gasteiger partial charge in [0.25, 0.3) is 0 Å². The summed E-state index contributed by atoms with van der Waals surface area (Å²) >= 11 is 0. The van der Waals surface area contributed by atoms with Crippen molar-refractivity contribution >= 4 is 0 Å². The Hall–Kier alpha value is -1.25. The number of rotatable bonds is 2. The molecule has 0 aliphatic rings. The SMILES string of the molecule is COc1cc(C)c(F)cc1OC. The average molecular weight is 170 g/mol. The van der Waals surface area contributed by atoms with Crippen molar-refractivity contribution in [3.63, 3.8) is 0 Å². The van der Waals surface area contributed by atoms with Gasteiger partial charge in [0, 0.05) is 6.07 Å². The van der Waals surface area contributed by atoms with E-state index in [0.717, 1.165) is 0 Å². The number of halogens is 1. The molecule has 0 atom stereocenters. The van der Waals surface area contributed by atoms with Crippen LogP contribution in [-0.2, 0) is 0 Å². The summed E-state index contributed by atoms with van der Waals surface area (Å²) in [6.07, 6.45) is 0. The molecule has 0 fully saturated rings. The molecule has 0 heterocycles. The standard InChI is InChI=1S/C9H11FO2/c1-6-4-8(11-2)9(12-3)5-7(6)10/h4-5H,1-3H3. The maximum absolute atomic E-state index is 12.9. The van der Waals surface area contributed by atoms with Crippen LogP contribution in [0, 0.1) is 12.7 Å². The highest BCUT2D eigenvalue weighted by molar-refractivity contribution is 5.43. The smallest absolute Gasteiger partial charge is 0.163 e. The van der Waals surface area contributed by atoms with Crippen molar-refractivity contribution in [3.05, 3.63) is 23.5 Å². The first kappa shape index (κ1) is 8.84. The van der Waals surface area contributed by atoms with Gasteiger partial charge in [-0.25, -0.2) is 4.39 Å². The molecule has 0 aliphatic heterocycles. The monoisotopic (exact) mass is 170 g/mol. The molecule has 1 aromatic carbocycles. The van der Waals surface area contributed by atoms with E-state index in [9.17, 15) is 4.39 Å². The highest BCUT2D eigenvalue weighted by atomic mass is 19.1. The second-order valence-corrected chi connectivity index (χ2v) is 2.46. The maximum atomic E-state index is 12.9. The number of methoxy groups -OCH3 is 2. The molecule has 0 N–H and O–H groups in total. The van der Waals surface area contributed by atoms with E-state index in [2.05, 4.69) is 0 Å². The lowest BCUT2D eigenvalue weighted by Crippen LogP contribution is -1.93. The van der Waals surface area contributed by atoms with E-state index in [1.165, 1.54) is 20.3 Å². The number of aryl methyl sites for hydroxylation is 1. The lowest BCUT2D eigenvalue weighted by Gasteiger charge is -2.08. The van der Waals surface area contributed by atoms with Crippen molar-refractivity contribution in [1.82, 2.24) is 0 Å². The summed E-state index contributed by atoms with van der Waals surface area (Å²) in [5.74, 6) is 0.685. The van der Waals surface area contributed by atoms with Gasteiger partial charge in [0.2, 0.25) is 0 Å². The Morgan fingerprint density at radius 2 is 1.58 bits per heavy atom. The Labute approximate surface area is 70.9 Å². The molecule has 0 unspecified atom stereocenters. The van der Waals surface area contributed by atoms with Gasteiger partial charge in [0.1, 0.15) is 5.82 Å². The van der Waals surface area contributed by atoms with Gasteiger partial charge in [0.15, 0.2) is 11.5 Å². The summed E-state index contributed by atoms with van der Waals surface area (Å²) in [5.41, 5.74) is 0.549. The van der Waals surface area contributed by atoms with Crippen molar-refractivity contribution in [2.75, 3.05) is 14.2 Å². The highest BCUT2D eigenvalue weighted by Gasteiger charge is 2.06. The zero-order chi connectivity index (χ0) is 9.14. The molecule has 0 saturated carbocycles. The molecule has 66 valence electrons. The van der Waals surface area contributed by atoms with Crippen LogP contribution in [0.2, 0.25) is 0 Å². The fraction of sp³-hybridized carbons (Fsp3) is 0.333. The summed E-state index contributed by atoms with van der Waals surface area (Å²) in [5, 5.41) is 0. The van der Waals surface area contributed by atoms with E-state index in [1.807, 2.05) is 0 Å². The first-order chi connectivity index (χ1) is 5.69. The third-order valence-electron chi connectivity index (χ3n) is 1.66. The number of ether oxygens (including phenoxy) is 2. The van der Waals surface area contributed by atoms with Crippen molar-refractivity contribution < 1.29 is 13.9 Å². The fourth-order valence-electron chi connectivity index (χ4n) is 0.956. The van der Waals surface area contributed by atoms with Gasteiger partial charge in [-0.3, -0.25) is 0 Å². The Balaban J connectivity index is 3.19. The first-order valence-corrected chi connectivity index (χ1v) is 3.57. The molecule has 2 nitrogen and oxygen atoms in total. The normalized spacial score (nSPS) is 9.67. The predicted molar refractivity (Wildman–Crippen MR) is 44.2 cm³/mol. The Morgan fingerprint density at radius 1 is 1.08 bits per heavy atom. The number of benzene rings is 1. The lowest BCUT2D eigenvalue weighted by atomic mass is 10.2. The van der Waals surface area contributed by atoms with Gasteiger partial charge >= 0.3 is 0 Å². The van der Waals surface area contributed by atoms with E-state index >= 15 is 0 Å². The van der Waals surface area contributed by atoms with Crippen LogP contribution in [0.1, 0.15) is 5.56 Å². The molecule has 0 bridgehead atoms. The summed E-state index contributed by atoms with van der Waals surface area (Å²) in [6.45, 7) is 1.68. The minimum Gasteiger partial charge on any atom is -0.493 e. The molecule has 0 aromatic heterocycles. The van der Waals surface area contributed by atoms with E-state index < -0.39 is 0 Å². The summed E-state index contributed by atoms with van der Waals surface area (Å²) in [4.78, 5) is 0. The third-order valence-corrected chi connectivity index (χ3v) is 1.66. The van der Waals surface area contributed by atoms with Gasteiger partial charge in [-0.2, -0.15) is 0 Å². The second kappa shape index (κ2) is 3.43. The topological polar surface area (TPSA) is 18.5 Å². The van der Waals surface area contributed by atoms with Gasteiger partial charge in [-0.1, -0.05) is 0 Å². The molecule has 0 aliphatic carbocycles. The van der Waals surface area contributed by atoms with Crippen LogP contribution in [-0.4, -0.2) is 14.2 Å². The lowest BCUT2D eigenvalue weighted by molar-refractivity contribution is 0.352. The molecule has 12 heavy (non-hydrogen) atoms. The largest absolute Gasteiger partial charge is 0.493 e. The van der Waals surface area contributed by atoms with E-state index in [4.69, 9.17) is 9.47 Å². The molecular weight excluding hydrogens is 159 g/mol. The van der Waals surface area contributed by atoms with Crippen molar-refractivity contribution in [2.24, 2.45) is 0 Å². The first-order valence-electron chi connectivity index (χ1n) is 3.57. The number of hydrogen-bond donors (Lipinski definition) is 0. The fourth-order valence-corrected chi connectivity index (χ4v) is 0.956. The minimum absolute atomic E-state index is 0.285. The molecule has 3 heteroatoms. The van der Waals surface area contributed by atoms with Crippen LogP contribution in [0.5, 0.6) is 11.5 Å². The van der Waals surface area contributed by atoms with Crippen LogP contribution in [0.25, 0.3) is 0 Å². The Kier molecular flexibility index (Phi) is 2.53. The maximum Gasteiger partial charge on any atom is 0.163 e. The van der Waals surface area contributed by atoms with E-state index in [1.54, 1.807) is 13.0 Å². The van der Waals surface area contributed by atoms with Gasteiger partial charge in [0.05, 0.1) is 14.2 Å². The Bertz CT molecular complexity index is 255. The average Bonchev–Trinajstić information content (AvgIpc) is 2.09.